The van der Waals surface area contributed by atoms with E-state index in [9.17, 15) is 5.11 Å². The van der Waals surface area contributed by atoms with Crippen LogP contribution in [0.5, 0.6) is 17.2 Å². The van der Waals surface area contributed by atoms with Crippen LogP contribution in [-0.4, -0.2) is 19.3 Å². The number of ether oxygens (including phenoxy) is 2. The summed E-state index contributed by atoms with van der Waals surface area (Å²) in [6, 6.07) is 13.1. The zero-order valence-corrected chi connectivity index (χ0v) is 11.4. The third kappa shape index (κ3) is 2.81. The Morgan fingerprint density at radius 1 is 0.947 bits per heavy atom. The summed E-state index contributed by atoms with van der Waals surface area (Å²) >= 11 is 0. The molecule has 2 aromatic rings. The summed E-state index contributed by atoms with van der Waals surface area (Å²) in [5.74, 6) is 1.99. The van der Waals surface area contributed by atoms with E-state index in [1.165, 1.54) is 0 Å². The molecule has 0 saturated heterocycles. The molecule has 0 aliphatic carbocycles. The molecule has 0 amide bonds. The van der Waals surface area contributed by atoms with Gasteiger partial charge >= 0.3 is 0 Å². The van der Waals surface area contributed by atoms with Crippen molar-refractivity contribution < 1.29 is 14.6 Å². The van der Waals surface area contributed by atoms with Crippen molar-refractivity contribution in [3.63, 3.8) is 0 Å². The fourth-order valence-corrected chi connectivity index (χ4v) is 2.13. The van der Waals surface area contributed by atoms with Gasteiger partial charge in [-0.15, -0.1) is 0 Å². The minimum absolute atomic E-state index is 0.132. The second-order valence-corrected chi connectivity index (χ2v) is 4.42. The van der Waals surface area contributed by atoms with E-state index < -0.39 is 0 Å². The van der Waals surface area contributed by atoms with Gasteiger partial charge in [0.1, 0.15) is 17.2 Å². The molecule has 19 heavy (non-hydrogen) atoms. The van der Waals surface area contributed by atoms with Crippen LogP contribution in [0.15, 0.2) is 42.5 Å². The van der Waals surface area contributed by atoms with Crippen molar-refractivity contribution in [2.24, 2.45) is 0 Å². The van der Waals surface area contributed by atoms with Crippen molar-refractivity contribution >= 4 is 0 Å². The SMILES string of the molecule is COc1ccc(C(C)c2cc(O)ccc2OC)cc1. The predicted molar refractivity (Wildman–Crippen MR) is 75.2 cm³/mol. The van der Waals surface area contributed by atoms with Crippen LogP contribution in [-0.2, 0) is 0 Å². The normalized spacial score (nSPS) is 11.9. The lowest BCUT2D eigenvalue weighted by Gasteiger charge is -2.16. The molecule has 0 aromatic heterocycles. The van der Waals surface area contributed by atoms with E-state index in [0.717, 1.165) is 22.6 Å². The Bertz CT molecular complexity index is 546. The third-order valence-electron chi connectivity index (χ3n) is 3.30. The molecule has 0 saturated carbocycles. The summed E-state index contributed by atoms with van der Waals surface area (Å²) in [6.07, 6.45) is 0. The highest BCUT2D eigenvalue weighted by molar-refractivity contribution is 5.46. The smallest absolute Gasteiger partial charge is 0.122 e. The van der Waals surface area contributed by atoms with E-state index in [4.69, 9.17) is 9.47 Å². The minimum Gasteiger partial charge on any atom is -0.508 e. The molecular weight excluding hydrogens is 240 g/mol. The van der Waals surface area contributed by atoms with Crippen LogP contribution in [0.2, 0.25) is 0 Å². The van der Waals surface area contributed by atoms with E-state index in [1.54, 1.807) is 32.4 Å². The molecule has 0 spiro atoms. The van der Waals surface area contributed by atoms with Crippen molar-refractivity contribution in [2.75, 3.05) is 14.2 Å². The lowest BCUT2D eigenvalue weighted by atomic mass is 9.92. The van der Waals surface area contributed by atoms with Gasteiger partial charge in [-0.25, -0.2) is 0 Å². The first-order valence-corrected chi connectivity index (χ1v) is 6.16. The minimum atomic E-state index is 0.132. The van der Waals surface area contributed by atoms with Crippen molar-refractivity contribution in [1.82, 2.24) is 0 Å². The van der Waals surface area contributed by atoms with Gasteiger partial charge in [0.05, 0.1) is 14.2 Å². The highest BCUT2D eigenvalue weighted by Gasteiger charge is 2.14. The molecule has 3 heteroatoms. The maximum Gasteiger partial charge on any atom is 0.122 e. The molecule has 1 atom stereocenters. The molecule has 0 heterocycles. The third-order valence-corrected chi connectivity index (χ3v) is 3.30. The van der Waals surface area contributed by atoms with Gasteiger partial charge in [-0.3, -0.25) is 0 Å². The molecule has 1 unspecified atom stereocenters. The standard InChI is InChI=1S/C16H18O3/c1-11(12-4-7-14(18-2)8-5-12)15-10-13(17)6-9-16(15)19-3/h4-11,17H,1-3H3. The fraction of sp³-hybridized carbons (Fsp3) is 0.250. The molecule has 0 bridgehead atoms. The molecule has 2 aromatic carbocycles. The van der Waals surface area contributed by atoms with Crippen LogP contribution < -0.4 is 9.47 Å². The Labute approximate surface area is 113 Å². The highest BCUT2D eigenvalue weighted by Crippen LogP contribution is 2.34. The van der Waals surface area contributed by atoms with E-state index in [-0.39, 0.29) is 11.7 Å². The Balaban J connectivity index is 2.36. The van der Waals surface area contributed by atoms with Gasteiger partial charge in [0.25, 0.3) is 0 Å². The summed E-state index contributed by atoms with van der Waals surface area (Å²) in [5.41, 5.74) is 2.11. The lowest BCUT2D eigenvalue weighted by molar-refractivity contribution is 0.405. The summed E-state index contributed by atoms with van der Waals surface area (Å²) < 4.78 is 10.5. The molecule has 1 N–H and O–H groups in total. The molecule has 100 valence electrons. The number of phenolic OH excluding ortho intramolecular Hbond substituents is 1. The van der Waals surface area contributed by atoms with Crippen LogP contribution in [0.25, 0.3) is 0 Å². The predicted octanol–water partition coefficient (Wildman–Crippen LogP) is 3.56. The largest absolute Gasteiger partial charge is 0.508 e. The summed E-state index contributed by atoms with van der Waals surface area (Å²) in [4.78, 5) is 0. The number of rotatable bonds is 4. The Kier molecular flexibility index (Phi) is 3.95. The zero-order chi connectivity index (χ0) is 13.8. The summed E-state index contributed by atoms with van der Waals surface area (Å²) in [5, 5.41) is 9.64. The first kappa shape index (κ1) is 13.3. The monoisotopic (exact) mass is 258 g/mol. The molecular formula is C16H18O3. The number of benzene rings is 2. The average molecular weight is 258 g/mol. The molecule has 0 fully saturated rings. The van der Waals surface area contributed by atoms with Crippen molar-refractivity contribution in [1.29, 1.82) is 0 Å². The van der Waals surface area contributed by atoms with E-state index in [0.29, 0.717) is 0 Å². The molecule has 3 nitrogen and oxygen atoms in total. The van der Waals surface area contributed by atoms with Crippen LogP contribution >= 0.6 is 0 Å². The van der Waals surface area contributed by atoms with E-state index >= 15 is 0 Å². The first-order valence-electron chi connectivity index (χ1n) is 6.16. The van der Waals surface area contributed by atoms with Crippen LogP contribution in [0.1, 0.15) is 24.0 Å². The Morgan fingerprint density at radius 3 is 2.21 bits per heavy atom. The second-order valence-electron chi connectivity index (χ2n) is 4.42. The Morgan fingerprint density at radius 2 is 1.63 bits per heavy atom. The lowest BCUT2D eigenvalue weighted by Crippen LogP contribution is -1.99. The Hall–Kier alpha value is -2.16. The van der Waals surface area contributed by atoms with Crippen molar-refractivity contribution in [2.45, 2.75) is 12.8 Å². The number of hydrogen-bond donors (Lipinski definition) is 1. The molecule has 2 rings (SSSR count). The zero-order valence-electron chi connectivity index (χ0n) is 11.4. The van der Waals surface area contributed by atoms with Gasteiger partial charge < -0.3 is 14.6 Å². The summed E-state index contributed by atoms with van der Waals surface area (Å²) in [6.45, 7) is 2.08. The highest BCUT2D eigenvalue weighted by atomic mass is 16.5. The van der Waals surface area contributed by atoms with Gasteiger partial charge in [-0.05, 0) is 35.9 Å². The molecule has 0 aliphatic rings. The van der Waals surface area contributed by atoms with Gasteiger partial charge in [-0.2, -0.15) is 0 Å². The second kappa shape index (κ2) is 5.65. The maximum absolute atomic E-state index is 9.64. The van der Waals surface area contributed by atoms with E-state index in [1.807, 2.05) is 24.3 Å². The topological polar surface area (TPSA) is 38.7 Å². The van der Waals surface area contributed by atoms with Gasteiger partial charge in [0, 0.05) is 11.5 Å². The van der Waals surface area contributed by atoms with Gasteiger partial charge in [0.2, 0.25) is 0 Å². The van der Waals surface area contributed by atoms with Crippen LogP contribution in [0.4, 0.5) is 0 Å². The number of methoxy groups -OCH3 is 2. The number of aromatic hydroxyl groups is 1. The van der Waals surface area contributed by atoms with E-state index in [2.05, 4.69) is 6.92 Å². The van der Waals surface area contributed by atoms with Crippen LogP contribution in [0, 0.1) is 0 Å². The van der Waals surface area contributed by atoms with Crippen molar-refractivity contribution in [3.05, 3.63) is 53.6 Å². The number of phenols is 1. The quantitative estimate of drug-likeness (QED) is 0.911. The van der Waals surface area contributed by atoms with Crippen molar-refractivity contribution in [3.8, 4) is 17.2 Å². The number of hydrogen-bond acceptors (Lipinski definition) is 3. The fourth-order valence-electron chi connectivity index (χ4n) is 2.13. The van der Waals surface area contributed by atoms with Gasteiger partial charge in [-0.1, -0.05) is 19.1 Å². The van der Waals surface area contributed by atoms with Crippen LogP contribution in [0.3, 0.4) is 0 Å². The molecule has 0 aliphatic heterocycles. The molecule has 0 radical (unpaired) electrons. The first-order chi connectivity index (χ1) is 9.15. The maximum atomic E-state index is 9.64. The average Bonchev–Trinajstić information content (AvgIpc) is 2.46. The summed E-state index contributed by atoms with van der Waals surface area (Å²) in [7, 11) is 3.29. The van der Waals surface area contributed by atoms with Gasteiger partial charge in [0.15, 0.2) is 0 Å².